The van der Waals surface area contributed by atoms with E-state index in [4.69, 9.17) is 16.3 Å². The van der Waals surface area contributed by atoms with Crippen LogP contribution < -0.4 is 25.6 Å². The molecular weight excluding hydrogens is 900 g/mol. The van der Waals surface area contributed by atoms with Crippen LogP contribution in [-0.2, 0) is 25.7 Å². The third-order valence-corrected chi connectivity index (χ3v) is 11.9. The van der Waals surface area contributed by atoms with Crippen LogP contribution in [0, 0.1) is 12.3 Å². The topological polar surface area (TPSA) is 175 Å². The van der Waals surface area contributed by atoms with E-state index in [1.807, 2.05) is 56.9 Å². The molecule has 19 heteroatoms. The summed E-state index contributed by atoms with van der Waals surface area (Å²) in [5.41, 5.74) is 0.717. The van der Waals surface area contributed by atoms with Gasteiger partial charge in [-0.2, -0.15) is 0 Å². The van der Waals surface area contributed by atoms with Crippen molar-refractivity contribution in [3.63, 3.8) is 0 Å². The number of alkyl halides is 3. The second-order valence-electron chi connectivity index (χ2n) is 16.0. The summed E-state index contributed by atoms with van der Waals surface area (Å²) in [5, 5.41) is 19.0. The van der Waals surface area contributed by atoms with Crippen molar-refractivity contribution in [1.82, 2.24) is 25.5 Å². The summed E-state index contributed by atoms with van der Waals surface area (Å²) in [5.74, 6) is -1.25. The first-order chi connectivity index (χ1) is 28.8. The molecule has 0 aliphatic carbocycles. The number of carbonyl (C=O) groups excluding carboxylic acids is 4. The van der Waals surface area contributed by atoms with Gasteiger partial charge in [0.2, 0.25) is 17.7 Å². The lowest BCUT2D eigenvalue weighted by atomic mass is 9.85. The van der Waals surface area contributed by atoms with Crippen molar-refractivity contribution < 1.29 is 42.5 Å². The van der Waals surface area contributed by atoms with E-state index in [-0.39, 0.29) is 61.8 Å². The SMILES string of the molecule is Cc1ncsc1-c1ccc(CNC(=O)[C@@H]2C[C@@H](O)CN2C(=O)[C@@H](NC(=O)CCOC2CCN(c3ncc(C(=O)Nc4ccc(OC(F)(F)Cl)cc4)cc3Br)C2)C(C)(C)C)cc1. The van der Waals surface area contributed by atoms with Gasteiger partial charge in [-0.1, -0.05) is 45.0 Å². The van der Waals surface area contributed by atoms with Crippen molar-refractivity contribution in [3.05, 3.63) is 87.6 Å². The van der Waals surface area contributed by atoms with E-state index in [0.717, 1.165) is 21.7 Å². The van der Waals surface area contributed by atoms with Crippen LogP contribution in [-0.4, -0.2) is 99.7 Å². The van der Waals surface area contributed by atoms with Crippen LogP contribution in [0.2, 0.25) is 0 Å². The zero-order valence-electron chi connectivity index (χ0n) is 33.9. The quantitative estimate of drug-likeness (QED) is 0.0965. The summed E-state index contributed by atoms with van der Waals surface area (Å²) in [6, 6.07) is 12.9. The fourth-order valence-electron chi connectivity index (χ4n) is 7.12. The Morgan fingerprint density at radius 3 is 2.43 bits per heavy atom. The minimum atomic E-state index is -3.85. The molecule has 4 atom stereocenters. The summed E-state index contributed by atoms with van der Waals surface area (Å²) in [4.78, 5) is 66.8. The lowest BCUT2D eigenvalue weighted by Crippen LogP contribution is -2.57. The minimum Gasteiger partial charge on any atom is -0.420 e. The maximum absolute atomic E-state index is 14.0. The number of amides is 4. The molecule has 0 bridgehead atoms. The van der Waals surface area contributed by atoms with Gasteiger partial charge in [0.05, 0.1) is 44.9 Å². The number of halogens is 4. The molecule has 326 valence electrons. The van der Waals surface area contributed by atoms with Crippen molar-refractivity contribution in [2.45, 2.75) is 83.4 Å². The molecule has 2 saturated heterocycles. The van der Waals surface area contributed by atoms with Gasteiger partial charge in [-0.3, -0.25) is 19.2 Å². The molecule has 4 heterocycles. The number of hydrogen-bond acceptors (Lipinski definition) is 11. The molecule has 4 amide bonds. The van der Waals surface area contributed by atoms with E-state index in [1.165, 1.54) is 35.4 Å². The number of rotatable bonds is 15. The summed E-state index contributed by atoms with van der Waals surface area (Å²) in [7, 11) is 0. The Labute approximate surface area is 369 Å². The second-order valence-corrected chi connectivity index (χ2v) is 18.1. The summed E-state index contributed by atoms with van der Waals surface area (Å²) in [6.07, 6.45) is 1.07. The number of likely N-dealkylation sites (tertiary alicyclic amines) is 1. The molecule has 0 saturated carbocycles. The highest BCUT2D eigenvalue weighted by Gasteiger charge is 2.44. The van der Waals surface area contributed by atoms with Crippen LogP contribution in [0.3, 0.4) is 0 Å². The molecule has 2 aromatic heterocycles. The number of anilines is 2. The molecule has 2 aliphatic rings. The van der Waals surface area contributed by atoms with Gasteiger partial charge in [0.25, 0.3) is 5.91 Å². The van der Waals surface area contributed by atoms with Crippen molar-refractivity contribution in [2.75, 3.05) is 36.5 Å². The van der Waals surface area contributed by atoms with Crippen LogP contribution in [0.25, 0.3) is 10.4 Å². The number of pyridine rings is 1. The maximum Gasteiger partial charge on any atom is 0.487 e. The normalized spacial score (nSPS) is 18.5. The Balaban J connectivity index is 0.964. The van der Waals surface area contributed by atoms with Gasteiger partial charge < -0.3 is 40.3 Å². The Morgan fingerprint density at radius 1 is 1.07 bits per heavy atom. The highest BCUT2D eigenvalue weighted by Crippen LogP contribution is 2.31. The molecule has 1 unspecified atom stereocenters. The third kappa shape index (κ3) is 12.2. The summed E-state index contributed by atoms with van der Waals surface area (Å²) in [6.45, 7) is 8.85. The van der Waals surface area contributed by atoms with E-state index in [9.17, 15) is 33.1 Å². The van der Waals surface area contributed by atoms with E-state index in [0.29, 0.717) is 35.5 Å². The van der Waals surface area contributed by atoms with Gasteiger partial charge in [0, 0.05) is 62.5 Å². The van der Waals surface area contributed by atoms with Crippen molar-refractivity contribution in [3.8, 4) is 16.2 Å². The Morgan fingerprint density at radius 2 is 1.79 bits per heavy atom. The fraction of sp³-hybridized carbons (Fsp3) is 0.429. The van der Waals surface area contributed by atoms with Crippen LogP contribution in [0.4, 0.5) is 20.3 Å². The molecule has 0 spiro atoms. The second kappa shape index (κ2) is 19.5. The number of benzene rings is 2. The smallest absolute Gasteiger partial charge is 0.420 e. The van der Waals surface area contributed by atoms with Gasteiger partial charge in [0.1, 0.15) is 23.7 Å². The molecule has 14 nitrogen and oxygen atoms in total. The van der Waals surface area contributed by atoms with Crippen LogP contribution in [0.5, 0.6) is 5.75 Å². The fourth-order valence-corrected chi connectivity index (χ4v) is 8.62. The van der Waals surface area contributed by atoms with Gasteiger partial charge >= 0.3 is 5.57 Å². The summed E-state index contributed by atoms with van der Waals surface area (Å²) >= 11 is 9.87. The molecule has 6 rings (SSSR count). The monoisotopic (exact) mass is 945 g/mol. The van der Waals surface area contributed by atoms with Crippen molar-refractivity contribution >= 4 is 74.0 Å². The number of carbonyl (C=O) groups is 4. The number of hydrogen-bond donors (Lipinski definition) is 4. The molecule has 4 N–H and O–H groups in total. The highest BCUT2D eigenvalue weighted by atomic mass is 79.9. The summed E-state index contributed by atoms with van der Waals surface area (Å²) < 4.78 is 36.7. The Kier molecular flexibility index (Phi) is 14.7. The van der Waals surface area contributed by atoms with Crippen LogP contribution >= 0.6 is 38.9 Å². The van der Waals surface area contributed by atoms with Gasteiger partial charge in [-0.05, 0) is 76.1 Å². The number of nitrogens with zero attached hydrogens (tertiary/aromatic N) is 4. The molecule has 2 aliphatic heterocycles. The first kappa shape index (κ1) is 45.8. The number of β-amino-alcohol motifs (C(OH)–C–C–N with tert-alkyl or cyclic N) is 1. The highest BCUT2D eigenvalue weighted by molar-refractivity contribution is 9.10. The zero-order valence-corrected chi connectivity index (χ0v) is 37.1. The van der Waals surface area contributed by atoms with E-state index in [1.54, 1.807) is 22.9 Å². The zero-order chi connectivity index (χ0) is 44.1. The van der Waals surface area contributed by atoms with E-state index in [2.05, 4.69) is 46.6 Å². The number of aliphatic hydroxyl groups excluding tert-OH is 1. The molecule has 2 fully saturated rings. The molecule has 4 aromatic rings. The first-order valence-corrected chi connectivity index (χ1v) is 21.6. The lowest BCUT2D eigenvalue weighted by molar-refractivity contribution is -0.144. The first-order valence-electron chi connectivity index (χ1n) is 19.6. The minimum absolute atomic E-state index is 0.00898. The number of aryl methyl sites for hydroxylation is 1. The number of nitrogens with one attached hydrogen (secondary N) is 3. The van der Waals surface area contributed by atoms with Crippen molar-refractivity contribution in [2.24, 2.45) is 5.41 Å². The average Bonchev–Trinajstić information content (AvgIpc) is 3.95. The van der Waals surface area contributed by atoms with E-state index >= 15 is 0 Å². The van der Waals surface area contributed by atoms with Crippen LogP contribution in [0.15, 0.2) is 70.8 Å². The number of thiazole rings is 1. The van der Waals surface area contributed by atoms with Gasteiger partial charge in [-0.15, -0.1) is 20.1 Å². The number of aliphatic hydroxyl groups is 1. The van der Waals surface area contributed by atoms with Gasteiger partial charge in [0.15, 0.2) is 0 Å². The predicted octanol–water partition coefficient (Wildman–Crippen LogP) is 6.49. The standard InChI is InChI=1S/C42H47BrClF2N7O7S/c1-24-35(61-23-49-24)26-7-5-25(6-8-26)19-48-39(57)33-18-29(54)21-53(33)40(58)36(41(2,3)4)51-34(55)14-16-59-31-13-15-52(22-31)37-32(43)17-27(20-47-37)38(56)50-28-9-11-30(12-10-28)60-42(44,45)46/h5-12,17,20,23,29,31,33,36,54H,13-16,18-19,21-22H2,1-4H3,(H,48,57)(H,50,56)(H,51,55)/t29-,31?,33+,36-/m1/s1. The third-order valence-electron chi connectivity index (χ3n) is 10.3. The molecule has 0 radical (unpaired) electrons. The largest absolute Gasteiger partial charge is 0.487 e. The average molecular weight is 947 g/mol. The lowest BCUT2D eigenvalue weighted by Gasteiger charge is -2.35. The molecule has 61 heavy (non-hydrogen) atoms. The Bertz CT molecular complexity index is 2210. The Hall–Kier alpha value is -4.75. The predicted molar refractivity (Wildman–Crippen MR) is 231 cm³/mol. The molecular formula is C42H47BrClF2N7O7S. The number of aromatic nitrogens is 2. The number of ether oxygens (including phenoxy) is 2. The van der Waals surface area contributed by atoms with E-state index < -0.39 is 41.0 Å². The maximum atomic E-state index is 14.0. The van der Waals surface area contributed by atoms with Crippen molar-refractivity contribution in [1.29, 1.82) is 0 Å². The van der Waals surface area contributed by atoms with Crippen LogP contribution in [0.1, 0.15) is 61.6 Å². The van der Waals surface area contributed by atoms with Gasteiger partial charge in [-0.25, -0.2) is 9.97 Å². The molecule has 2 aromatic carbocycles.